The Morgan fingerprint density at radius 2 is 1.72 bits per heavy atom. The first-order valence-corrected chi connectivity index (χ1v) is 10.4. The van der Waals surface area contributed by atoms with Crippen LogP contribution in [0.4, 0.5) is 5.69 Å². The van der Waals surface area contributed by atoms with E-state index in [9.17, 15) is 9.59 Å². The SMILES string of the molecule is CC(C)c1ccc(-c2nc(CC(=O)O[C@@H](C)C(=O)Nc3ccccc3)cs2)cc1. The predicted octanol–water partition coefficient (Wildman–Crippen LogP) is 5.05. The molecule has 0 fully saturated rings. The normalized spacial score (nSPS) is 11.9. The molecule has 6 heteroatoms. The van der Waals surface area contributed by atoms with E-state index in [2.05, 4.69) is 36.3 Å². The van der Waals surface area contributed by atoms with Crippen molar-refractivity contribution in [3.8, 4) is 10.6 Å². The number of rotatable bonds is 7. The van der Waals surface area contributed by atoms with E-state index in [0.29, 0.717) is 17.3 Å². The lowest BCUT2D eigenvalue weighted by atomic mass is 10.0. The lowest BCUT2D eigenvalue weighted by Gasteiger charge is -2.13. The first-order chi connectivity index (χ1) is 13.9. The van der Waals surface area contributed by atoms with E-state index in [1.165, 1.54) is 16.9 Å². The van der Waals surface area contributed by atoms with Gasteiger partial charge in [-0.25, -0.2) is 4.98 Å². The molecule has 29 heavy (non-hydrogen) atoms. The van der Waals surface area contributed by atoms with Crippen molar-refractivity contribution in [1.29, 1.82) is 0 Å². The van der Waals surface area contributed by atoms with Crippen LogP contribution in [0.15, 0.2) is 60.0 Å². The summed E-state index contributed by atoms with van der Waals surface area (Å²) in [6, 6.07) is 17.3. The van der Waals surface area contributed by atoms with Crippen molar-refractivity contribution in [2.75, 3.05) is 5.32 Å². The van der Waals surface area contributed by atoms with Gasteiger partial charge in [0.15, 0.2) is 6.10 Å². The fourth-order valence-corrected chi connectivity index (χ4v) is 3.56. The third kappa shape index (κ3) is 5.74. The number of anilines is 1. The monoisotopic (exact) mass is 408 g/mol. The summed E-state index contributed by atoms with van der Waals surface area (Å²) in [4.78, 5) is 28.9. The van der Waals surface area contributed by atoms with Gasteiger partial charge in [-0.05, 0) is 30.5 Å². The summed E-state index contributed by atoms with van der Waals surface area (Å²) in [5, 5.41) is 5.43. The van der Waals surface area contributed by atoms with Gasteiger partial charge >= 0.3 is 5.97 Å². The zero-order chi connectivity index (χ0) is 20.8. The molecule has 0 aliphatic heterocycles. The van der Waals surface area contributed by atoms with Crippen molar-refractivity contribution in [1.82, 2.24) is 4.98 Å². The number of aromatic nitrogens is 1. The minimum atomic E-state index is -0.885. The Bertz CT molecular complexity index is 965. The van der Waals surface area contributed by atoms with Crippen molar-refractivity contribution in [2.24, 2.45) is 0 Å². The molecule has 0 aliphatic carbocycles. The number of hydrogen-bond donors (Lipinski definition) is 1. The maximum atomic E-state index is 12.2. The summed E-state index contributed by atoms with van der Waals surface area (Å²) in [5.41, 5.74) is 3.60. The van der Waals surface area contributed by atoms with Crippen molar-refractivity contribution >= 4 is 28.9 Å². The maximum absolute atomic E-state index is 12.2. The van der Waals surface area contributed by atoms with Crippen LogP contribution in [0.2, 0.25) is 0 Å². The number of esters is 1. The molecule has 0 unspecified atom stereocenters. The molecule has 0 saturated heterocycles. The number of hydrogen-bond acceptors (Lipinski definition) is 5. The molecule has 1 atom stereocenters. The van der Waals surface area contributed by atoms with Gasteiger partial charge < -0.3 is 10.1 Å². The summed E-state index contributed by atoms with van der Waals surface area (Å²) in [6.07, 6.45) is -0.854. The number of benzene rings is 2. The highest BCUT2D eigenvalue weighted by Crippen LogP contribution is 2.26. The molecule has 0 radical (unpaired) electrons. The molecular formula is C23H24N2O3S. The van der Waals surface area contributed by atoms with Crippen molar-refractivity contribution in [3.05, 3.63) is 71.2 Å². The molecule has 0 saturated carbocycles. The Morgan fingerprint density at radius 3 is 2.38 bits per heavy atom. The van der Waals surface area contributed by atoms with Gasteiger partial charge in [0, 0.05) is 16.6 Å². The van der Waals surface area contributed by atoms with E-state index in [-0.39, 0.29) is 12.3 Å². The van der Waals surface area contributed by atoms with E-state index in [0.717, 1.165) is 10.6 Å². The van der Waals surface area contributed by atoms with Crippen molar-refractivity contribution in [2.45, 2.75) is 39.2 Å². The number of ether oxygens (including phenoxy) is 1. The Hall–Kier alpha value is -2.99. The molecule has 0 spiro atoms. The quantitative estimate of drug-likeness (QED) is 0.556. The van der Waals surface area contributed by atoms with E-state index < -0.39 is 12.1 Å². The number of carbonyl (C=O) groups excluding carboxylic acids is 2. The minimum absolute atomic E-state index is 0.0313. The van der Waals surface area contributed by atoms with E-state index in [1.807, 2.05) is 35.7 Å². The predicted molar refractivity (Wildman–Crippen MR) is 116 cm³/mol. The maximum Gasteiger partial charge on any atom is 0.312 e. The second-order valence-electron chi connectivity index (χ2n) is 7.08. The zero-order valence-electron chi connectivity index (χ0n) is 16.7. The first-order valence-electron chi connectivity index (χ1n) is 9.52. The van der Waals surface area contributed by atoms with Gasteiger partial charge in [0.05, 0.1) is 12.1 Å². The lowest BCUT2D eigenvalue weighted by molar-refractivity contribution is -0.152. The Kier molecular flexibility index (Phi) is 6.77. The van der Waals surface area contributed by atoms with Crippen LogP contribution in [0.1, 0.15) is 37.9 Å². The Balaban J connectivity index is 1.55. The second-order valence-corrected chi connectivity index (χ2v) is 7.94. The van der Waals surface area contributed by atoms with Crippen LogP contribution >= 0.6 is 11.3 Å². The van der Waals surface area contributed by atoms with Gasteiger partial charge in [0.25, 0.3) is 5.91 Å². The van der Waals surface area contributed by atoms with Crippen LogP contribution in [0.25, 0.3) is 10.6 Å². The molecule has 0 aliphatic rings. The molecule has 2 aromatic carbocycles. The topological polar surface area (TPSA) is 68.3 Å². The van der Waals surface area contributed by atoms with Crippen molar-refractivity contribution in [3.63, 3.8) is 0 Å². The molecular weight excluding hydrogens is 384 g/mol. The largest absolute Gasteiger partial charge is 0.452 e. The standard InChI is InChI=1S/C23H24N2O3S/c1-15(2)17-9-11-18(12-10-17)23-25-20(14-29-23)13-21(26)28-16(3)22(27)24-19-7-5-4-6-8-19/h4-12,14-16H,13H2,1-3H3,(H,24,27)/t16-/m0/s1. The highest BCUT2D eigenvalue weighted by molar-refractivity contribution is 7.13. The average molecular weight is 409 g/mol. The fraction of sp³-hybridized carbons (Fsp3) is 0.261. The molecule has 150 valence electrons. The third-order valence-electron chi connectivity index (χ3n) is 4.42. The van der Waals surface area contributed by atoms with Gasteiger partial charge in [-0.2, -0.15) is 0 Å². The van der Waals surface area contributed by atoms with Gasteiger partial charge in [0.2, 0.25) is 0 Å². The lowest BCUT2D eigenvalue weighted by Crippen LogP contribution is -2.30. The van der Waals surface area contributed by atoms with E-state index in [1.54, 1.807) is 19.1 Å². The highest BCUT2D eigenvalue weighted by atomic mass is 32.1. The summed E-state index contributed by atoms with van der Waals surface area (Å²) < 4.78 is 5.26. The molecule has 1 amide bonds. The molecule has 3 aromatic rings. The highest BCUT2D eigenvalue weighted by Gasteiger charge is 2.19. The van der Waals surface area contributed by atoms with E-state index >= 15 is 0 Å². The first kappa shape index (κ1) is 20.7. The molecule has 3 rings (SSSR count). The summed E-state index contributed by atoms with van der Waals surface area (Å²) in [6.45, 7) is 5.87. The molecule has 5 nitrogen and oxygen atoms in total. The number of amides is 1. The minimum Gasteiger partial charge on any atom is -0.452 e. The van der Waals surface area contributed by atoms with Gasteiger partial charge in [-0.3, -0.25) is 9.59 Å². The molecule has 1 N–H and O–H groups in total. The number of nitrogens with zero attached hydrogens (tertiary/aromatic N) is 1. The fourth-order valence-electron chi connectivity index (χ4n) is 2.74. The third-order valence-corrected chi connectivity index (χ3v) is 5.36. The second kappa shape index (κ2) is 9.47. The molecule has 1 heterocycles. The van der Waals surface area contributed by atoms with Gasteiger partial charge in [-0.1, -0.05) is 56.3 Å². The molecule has 1 aromatic heterocycles. The van der Waals surface area contributed by atoms with Crippen LogP contribution in [0.5, 0.6) is 0 Å². The van der Waals surface area contributed by atoms with Crippen LogP contribution in [-0.2, 0) is 20.7 Å². The Labute approximate surface area is 174 Å². The zero-order valence-corrected chi connectivity index (χ0v) is 17.5. The van der Waals surface area contributed by atoms with Gasteiger partial charge in [0.1, 0.15) is 5.01 Å². The number of nitrogens with one attached hydrogen (secondary N) is 1. The van der Waals surface area contributed by atoms with Crippen LogP contribution in [0, 0.1) is 0 Å². The summed E-state index contributed by atoms with van der Waals surface area (Å²) in [5.74, 6) is -0.367. The smallest absolute Gasteiger partial charge is 0.312 e. The summed E-state index contributed by atoms with van der Waals surface area (Å²) in [7, 11) is 0. The summed E-state index contributed by atoms with van der Waals surface area (Å²) >= 11 is 1.49. The van der Waals surface area contributed by atoms with Gasteiger partial charge in [-0.15, -0.1) is 11.3 Å². The number of thiazole rings is 1. The van der Waals surface area contributed by atoms with Crippen LogP contribution in [0.3, 0.4) is 0 Å². The Morgan fingerprint density at radius 1 is 1.03 bits per heavy atom. The molecule has 0 bridgehead atoms. The van der Waals surface area contributed by atoms with Crippen LogP contribution in [-0.4, -0.2) is 23.0 Å². The number of carbonyl (C=O) groups is 2. The van der Waals surface area contributed by atoms with Crippen molar-refractivity contribution < 1.29 is 14.3 Å². The number of para-hydroxylation sites is 1. The van der Waals surface area contributed by atoms with Crippen LogP contribution < -0.4 is 5.32 Å². The average Bonchev–Trinajstić information content (AvgIpc) is 3.17. The van der Waals surface area contributed by atoms with E-state index in [4.69, 9.17) is 4.74 Å².